The topological polar surface area (TPSA) is 9.72 Å². The summed E-state index contributed by atoms with van der Waals surface area (Å²) >= 11 is 1.21. The van der Waals surface area contributed by atoms with E-state index >= 15 is 0 Å². The number of allylic oxidation sites excluding steroid dienone is 4. The van der Waals surface area contributed by atoms with Crippen LogP contribution in [0, 0.1) is 5.41 Å². The zero-order chi connectivity index (χ0) is 28.0. The molecule has 0 unspecified atom stereocenters. The van der Waals surface area contributed by atoms with Gasteiger partial charge in [0.25, 0.3) is 0 Å². The third kappa shape index (κ3) is 16.7. The Morgan fingerprint density at radius 2 is 0.857 bits per heavy atom. The van der Waals surface area contributed by atoms with E-state index in [9.17, 15) is 0 Å². The summed E-state index contributed by atoms with van der Waals surface area (Å²) in [6.45, 7) is 45.2. The fourth-order valence-electron chi connectivity index (χ4n) is 3.59. The van der Waals surface area contributed by atoms with E-state index in [1.807, 2.05) is 18.2 Å². The van der Waals surface area contributed by atoms with Gasteiger partial charge in [-0.25, -0.2) is 0 Å². The molecule has 0 spiro atoms. The van der Waals surface area contributed by atoms with Crippen LogP contribution in [-0.2, 0) is 24.4 Å². The number of hydrogen-bond acceptors (Lipinski definition) is 3. The van der Waals surface area contributed by atoms with Crippen LogP contribution in [0.4, 0.5) is 0 Å². The van der Waals surface area contributed by atoms with Crippen molar-refractivity contribution < 1.29 is 24.4 Å². The normalized spacial score (nSPS) is 14.1. The van der Waals surface area contributed by atoms with Crippen molar-refractivity contribution in [2.24, 2.45) is 5.41 Å². The van der Waals surface area contributed by atoms with Gasteiger partial charge in [0.15, 0.2) is 0 Å². The summed E-state index contributed by atoms with van der Waals surface area (Å²) in [6.07, 6.45) is 5.81. The standard InChI is InChI=1S/C10H15.3C7H15N.Hf/c1-7-6-10(4,5)9(3)8(7)2;3*1-4-7-8(5-2)6-3;/h1-5H3;3*4H,1,5-7H2,2-3H3;. The van der Waals surface area contributed by atoms with Crippen LogP contribution in [0.15, 0.2) is 58.0 Å². The summed E-state index contributed by atoms with van der Waals surface area (Å²) in [7, 11) is 0. The third-order valence-electron chi connectivity index (χ3n) is 6.91. The van der Waals surface area contributed by atoms with Crippen molar-refractivity contribution in [3.63, 3.8) is 0 Å². The Balaban J connectivity index is -0.000000396. The van der Waals surface area contributed by atoms with Gasteiger partial charge in [-0.3, -0.25) is 0 Å². The first kappa shape index (κ1) is 39.0. The molecule has 0 saturated heterocycles. The average molecular weight is 653 g/mol. The minimum atomic E-state index is 0.375. The van der Waals surface area contributed by atoms with E-state index in [-0.39, 0.29) is 0 Å². The third-order valence-corrected chi connectivity index (χ3v) is 10.5. The molecule has 1 rings (SSSR count). The van der Waals surface area contributed by atoms with Crippen molar-refractivity contribution in [1.82, 2.24) is 14.7 Å². The fourth-order valence-corrected chi connectivity index (χ4v) is 4.93. The molecule has 203 valence electrons. The first-order valence-corrected chi connectivity index (χ1v) is 15.3. The molecular weight excluding hydrogens is 593 g/mol. The predicted octanol–water partition coefficient (Wildman–Crippen LogP) is 7.73. The Hall–Kier alpha value is -0.550. The number of nitrogens with zero attached hydrogens (tertiary/aromatic N) is 3. The van der Waals surface area contributed by atoms with Gasteiger partial charge in [0.05, 0.1) is 0 Å². The van der Waals surface area contributed by atoms with E-state index in [2.05, 4.69) is 111 Å². The first-order valence-electron chi connectivity index (χ1n) is 13.5. The molecule has 0 radical (unpaired) electrons. The van der Waals surface area contributed by atoms with Crippen molar-refractivity contribution in [2.45, 2.75) is 76.2 Å². The van der Waals surface area contributed by atoms with Gasteiger partial charge in [-0.15, -0.1) is 19.7 Å². The SMILES string of the molecule is C=CCN(CC)CC.C=CCN(CC)CC.C=CCN(CC)CC.CC1=C(C)C(C)(C)[C]([Hf])=C1C. The second kappa shape index (κ2) is 23.8. The molecule has 0 aliphatic heterocycles. The van der Waals surface area contributed by atoms with Crippen molar-refractivity contribution >= 4 is 0 Å². The van der Waals surface area contributed by atoms with Gasteiger partial charge < -0.3 is 14.7 Å². The van der Waals surface area contributed by atoms with E-state index in [0.717, 1.165) is 58.9 Å². The van der Waals surface area contributed by atoms with E-state index in [0.29, 0.717) is 5.41 Å². The van der Waals surface area contributed by atoms with Crippen molar-refractivity contribution in [1.29, 1.82) is 0 Å². The van der Waals surface area contributed by atoms with Gasteiger partial charge >= 0.3 is 84.5 Å². The molecule has 0 aromatic rings. The van der Waals surface area contributed by atoms with Gasteiger partial charge in [0, 0.05) is 19.6 Å². The molecule has 0 atom stereocenters. The Bertz CT molecular complexity index is 550. The van der Waals surface area contributed by atoms with Crippen LogP contribution < -0.4 is 0 Å². The molecule has 0 N–H and O–H groups in total. The molecule has 0 heterocycles. The molecule has 0 aromatic heterocycles. The van der Waals surface area contributed by atoms with Gasteiger partial charge in [-0.2, -0.15) is 0 Å². The van der Waals surface area contributed by atoms with E-state index in [1.165, 1.54) is 29.9 Å². The van der Waals surface area contributed by atoms with E-state index in [1.54, 1.807) is 14.5 Å². The Morgan fingerprint density at radius 3 is 0.914 bits per heavy atom. The fraction of sp³-hybridized carbons (Fsp3) is 0.677. The molecule has 35 heavy (non-hydrogen) atoms. The molecular formula is C31H60HfN3. The summed E-state index contributed by atoms with van der Waals surface area (Å²) in [5, 5.41) is 0. The Kier molecular flexibility index (Phi) is 26.5. The molecule has 0 bridgehead atoms. The molecule has 3 nitrogen and oxygen atoms in total. The molecule has 0 saturated carbocycles. The predicted molar refractivity (Wildman–Crippen MR) is 159 cm³/mol. The second-order valence-corrected chi connectivity index (χ2v) is 11.0. The quantitative estimate of drug-likeness (QED) is 0.158. The van der Waals surface area contributed by atoms with Gasteiger partial charge in [-0.1, -0.05) is 59.8 Å². The summed E-state index contributed by atoms with van der Waals surface area (Å²) in [4.78, 5) is 6.94. The summed E-state index contributed by atoms with van der Waals surface area (Å²) in [5.41, 5.74) is 5.03. The van der Waals surface area contributed by atoms with Crippen LogP contribution >= 0.6 is 0 Å². The van der Waals surface area contributed by atoms with Crippen LogP contribution in [0.2, 0.25) is 0 Å². The van der Waals surface area contributed by atoms with Crippen LogP contribution in [0.1, 0.15) is 76.2 Å². The first-order chi connectivity index (χ1) is 16.4. The maximum atomic E-state index is 3.65. The molecule has 1 aliphatic carbocycles. The van der Waals surface area contributed by atoms with E-state index < -0.39 is 0 Å². The average Bonchev–Trinajstić information content (AvgIpc) is 3.00. The summed E-state index contributed by atoms with van der Waals surface area (Å²) < 4.78 is 1.67. The molecule has 0 fully saturated rings. The van der Waals surface area contributed by atoms with E-state index in [4.69, 9.17) is 0 Å². The zero-order valence-corrected chi connectivity index (χ0v) is 29.2. The van der Waals surface area contributed by atoms with Gasteiger partial charge in [-0.05, 0) is 39.3 Å². The van der Waals surface area contributed by atoms with Crippen molar-refractivity contribution in [3.8, 4) is 0 Å². The number of rotatable bonds is 12. The van der Waals surface area contributed by atoms with Gasteiger partial charge in [0.2, 0.25) is 0 Å². The van der Waals surface area contributed by atoms with Crippen LogP contribution in [-0.4, -0.2) is 73.6 Å². The Labute approximate surface area is 236 Å². The van der Waals surface area contributed by atoms with Gasteiger partial charge in [0.1, 0.15) is 0 Å². The number of hydrogen-bond donors (Lipinski definition) is 0. The zero-order valence-electron chi connectivity index (χ0n) is 25.6. The molecule has 1 aliphatic rings. The van der Waals surface area contributed by atoms with Crippen molar-refractivity contribution in [3.05, 3.63) is 58.0 Å². The second-order valence-electron chi connectivity index (χ2n) is 9.20. The van der Waals surface area contributed by atoms with Crippen LogP contribution in [0.3, 0.4) is 0 Å². The molecule has 0 amide bonds. The van der Waals surface area contributed by atoms with Crippen LogP contribution in [0.5, 0.6) is 0 Å². The Morgan fingerprint density at radius 1 is 0.600 bits per heavy atom. The monoisotopic (exact) mass is 654 g/mol. The maximum absolute atomic E-state index is 3.65. The van der Waals surface area contributed by atoms with Crippen molar-refractivity contribution in [2.75, 3.05) is 58.9 Å². The minimum absolute atomic E-state index is 0.375. The molecule has 4 heteroatoms. The number of likely N-dealkylation sites (N-methyl/N-ethyl adjacent to an activating group) is 3. The summed E-state index contributed by atoms with van der Waals surface area (Å²) in [5.74, 6) is 0. The van der Waals surface area contributed by atoms with Crippen LogP contribution in [0.25, 0.3) is 0 Å². The summed E-state index contributed by atoms with van der Waals surface area (Å²) in [6, 6.07) is 0. The molecule has 0 aromatic carbocycles.